The zero-order chi connectivity index (χ0) is 20.6. The van der Waals surface area contributed by atoms with E-state index in [0.717, 1.165) is 42.1 Å². The van der Waals surface area contributed by atoms with Crippen LogP contribution in [0.25, 0.3) is 11.3 Å². The van der Waals surface area contributed by atoms with Crippen molar-refractivity contribution in [1.29, 1.82) is 0 Å². The quantitative estimate of drug-likeness (QED) is 0.551. The van der Waals surface area contributed by atoms with Crippen LogP contribution in [0.3, 0.4) is 0 Å². The minimum Gasteiger partial charge on any atom is -0.465 e. The molecular formula is C23H26N4O2. The van der Waals surface area contributed by atoms with Crippen LogP contribution >= 0.6 is 0 Å². The fourth-order valence-corrected chi connectivity index (χ4v) is 2.92. The second-order valence-electron chi connectivity index (χ2n) is 6.77. The summed E-state index contributed by atoms with van der Waals surface area (Å²) in [7, 11) is 3.40. The highest BCUT2D eigenvalue weighted by Gasteiger charge is 2.11. The van der Waals surface area contributed by atoms with Crippen LogP contribution in [0.5, 0.6) is 0 Å². The summed E-state index contributed by atoms with van der Waals surface area (Å²) in [5.41, 5.74) is 3.05. The number of carbonyl (C=O) groups is 1. The van der Waals surface area contributed by atoms with Gasteiger partial charge in [-0.1, -0.05) is 49.7 Å². The average molecular weight is 390 g/mol. The van der Waals surface area contributed by atoms with E-state index in [1.807, 2.05) is 49.5 Å². The second kappa shape index (κ2) is 9.68. The Labute approximate surface area is 171 Å². The van der Waals surface area contributed by atoms with Crippen molar-refractivity contribution in [2.75, 3.05) is 30.9 Å². The van der Waals surface area contributed by atoms with Crippen molar-refractivity contribution in [1.82, 2.24) is 9.97 Å². The molecule has 0 bridgehead atoms. The minimum absolute atomic E-state index is 0.382. The van der Waals surface area contributed by atoms with Crippen LogP contribution in [0.2, 0.25) is 0 Å². The molecule has 1 heterocycles. The predicted molar refractivity (Wildman–Crippen MR) is 117 cm³/mol. The monoisotopic (exact) mass is 390 g/mol. The maximum atomic E-state index is 11.8. The highest BCUT2D eigenvalue weighted by Crippen LogP contribution is 2.25. The van der Waals surface area contributed by atoms with Crippen LogP contribution in [-0.2, 0) is 4.74 Å². The molecule has 6 heteroatoms. The number of methoxy groups -OCH3 is 1. The number of rotatable bonds is 8. The molecule has 3 aromatic rings. The third kappa shape index (κ3) is 5.31. The Morgan fingerprint density at radius 3 is 2.59 bits per heavy atom. The van der Waals surface area contributed by atoms with Gasteiger partial charge in [-0.15, -0.1) is 0 Å². The first-order valence-corrected chi connectivity index (χ1v) is 9.71. The molecule has 6 nitrogen and oxygen atoms in total. The summed E-state index contributed by atoms with van der Waals surface area (Å²) in [5.74, 6) is 0.943. The fourth-order valence-electron chi connectivity index (χ4n) is 2.92. The summed E-state index contributed by atoms with van der Waals surface area (Å²) in [4.78, 5) is 23.3. The lowest BCUT2D eigenvalue weighted by Crippen LogP contribution is -2.20. The number of hydrogen-bond acceptors (Lipinski definition) is 6. The van der Waals surface area contributed by atoms with Crippen LogP contribution < -0.4 is 10.2 Å². The first kappa shape index (κ1) is 20.3. The average Bonchev–Trinajstić information content (AvgIpc) is 2.77. The van der Waals surface area contributed by atoms with E-state index < -0.39 is 0 Å². The molecule has 0 aliphatic carbocycles. The van der Waals surface area contributed by atoms with Gasteiger partial charge in [-0.2, -0.15) is 4.98 Å². The van der Waals surface area contributed by atoms with Gasteiger partial charge in [0.15, 0.2) is 0 Å². The van der Waals surface area contributed by atoms with Crippen LogP contribution in [-0.4, -0.2) is 36.6 Å². The van der Waals surface area contributed by atoms with Crippen molar-refractivity contribution in [2.45, 2.75) is 19.8 Å². The Morgan fingerprint density at radius 1 is 1.07 bits per heavy atom. The van der Waals surface area contributed by atoms with Gasteiger partial charge in [-0.25, -0.2) is 9.78 Å². The van der Waals surface area contributed by atoms with Crippen molar-refractivity contribution >= 4 is 23.4 Å². The molecule has 150 valence electrons. The van der Waals surface area contributed by atoms with Crippen molar-refractivity contribution in [3.05, 3.63) is 66.2 Å². The van der Waals surface area contributed by atoms with Gasteiger partial charge in [-0.05, 0) is 24.6 Å². The number of benzene rings is 2. The SMILES string of the molecule is CCCCN(C)c1cc(-c2ccccc2)nc(Nc2cccc(C(=O)OC)c2)n1. The Balaban J connectivity index is 1.96. The zero-order valence-corrected chi connectivity index (χ0v) is 17.1. The Kier molecular flexibility index (Phi) is 6.79. The summed E-state index contributed by atoms with van der Waals surface area (Å²) < 4.78 is 4.80. The molecule has 0 aliphatic rings. The molecule has 1 N–H and O–H groups in total. The summed E-state index contributed by atoms with van der Waals surface area (Å²) >= 11 is 0. The molecule has 0 atom stereocenters. The van der Waals surface area contributed by atoms with E-state index in [1.54, 1.807) is 18.2 Å². The lowest BCUT2D eigenvalue weighted by atomic mass is 10.1. The molecule has 0 spiro atoms. The van der Waals surface area contributed by atoms with Crippen molar-refractivity contribution in [2.24, 2.45) is 0 Å². The van der Waals surface area contributed by atoms with E-state index in [1.165, 1.54) is 7.11 Å². The molecule has 0 saturated heterocycles. The largest absolute Gasteiger partial charge is 0.465 e. The van der Waals surface area contributed by atoms with Crippen LogP contribution in [0.1, 0.15) is 30.1 Å². The van der Waals surface area contributed by atoms with Crippen LogP contribution in [0, 0.1) is 0 Å². The van der Waals surface area contributed by atoms with Gasteiger partial charge >= 0.3 is 5.97 Å². The van der Waals surface area contributed by atoms with Crippen molar-refractivity contribution < 1.29 is 9.53 Å². The lowest BCUT2D eigenvalue weighted by Gasteiger charge is -2.19. The zero-order valence-electron chi connectivity index (χ0n) is 17.1. The van der Waals surface area contributed by atoms with Gasteiger partial charge in [-0.3, -0.25) is 0 Å². The second-order valence-corrected chi connectivity index (χ2v) is 6.77. The van der Waals surface area contributed by atoms with Crippen molar-refractivity contribution in [3.63, 3.8) is 0 Å². The van der Waals surface area contributed by atoms with Crippen LogP contribution in [0.4, 0.5) is 17.5 Å². The first-order chi connectivity index (χ1) is 14.1. The summed E-state index contributed by atoms with van der Waals surface area (Å²) in [6.45, 7) is 3.09. The highest BCUT2D eigenvalue weighted by atomic mass is 16.5. The normalized spacial score (nSPS) is 10.4. The molecule has 1 aromatic heterocycles. The molecule has 3 rings (SSSR count). The third-order valence-electron chi connectivity index (χ3n) is 4.56. The number of anilines is 3. The number of ether oxygens (including phenoxy) is 1. The van der Waals surface area contributed by atoms with E-state index in [-0.39, 0.29) is 5.97 Å². The number of unbranched alkanes of at least 4 members (excludes halogenated alkanes) is 1. The van der Waals surface area contributed by atoms with E-state index in [0.29, 0.717) is 11.5 Å². The number of carbonyl (C=O) groups excluding carboxylic acids is 1. The van der Waals surface area contributed by atoms with Crippen LogP contribution in [0.15, 0.2) is 60.7 Å². The van der Waals surface area contributed by atoms with Gasteiger partial charge in [0.2, 0.25) is 5.95 Å². The van der Waals surface area contributed by atoms with Gasteiger partial charge in [0.1, 0.15) is 5.82 Å². The van der Waals surface area contributed by atoms with Gasteiger partial charge in [0, 0.05) is 30.9 Å². The Morgan fingerprint density at radius 2 is 1.86 bits per heavy atom. The standard InChI is InChI=1S/C23H26N4O2/c1-4-5-14-27(2)21-16-20(17-10-7-6-8-11-17)25-23(26-21)24-19-13-9-12-18(15-19)22(28)29-3/h6-13,15-16H,4-5,14H2,1-3H3,(H,24,25,26). The Hall–Kier alpha value is -3.41. The number of esters is 1. The molecule has 0 saturated carbocycles. The molecule has 0 fully saturated rings. The predicted octanol–water partition coefficient (Wildman–Crippen LogP) is 4.91. The molecule has 0 unspecified atom stereocenters. The topological polar surface area (TPSA) is 67.4 Å². The number of nitrogens with zero attached hydrogens (tertiary/aromatic N) is 3. The highest BCUT2D eigenvalue weighted by molar-refractivity contribution is 5.90. The molecule has 0 aliphatic heterocycles. The number of nitrogens with one attached hydrogen (secondary N) is 1. The van der Waals surface area contributed by atoms with E-state index in [2.05, 4.69) is 22.1 Å². The summed E-state index contributed by atoms with van der Waals surface area (Å²) in [5, 5.41) is 3.23. The van der Waals surface area contributed by atoms with Gasteiger partial charge in [0.25, 0.3) is 0 Å². The van der Waals surface area contributed by atoms with E-state index in [4.69, 9.17) is 9.72 Å². The minimum atomic E-state index is -0.382. The van der Waals surface area contributed by atoms with Gasteiger partial charge < -0.3 is 15.0 Å². The molecule has 0 amide bonds. The lowest BCUT2D eigenvalue weighted by molar-refractivity contribution is 0.0601. The number of aromatic nitrogens is 2. The van der Waals surface area contributed by atoms with E-state index in [9.17, 15) is 4.79 Å². The molecule has 2 aromatic carbocycles. The maximum absolute atomic E-state index is 11.8. The van der Waals surface area contributed by atoms with Crippen molar-refractivity contribution in [3.8, 4) is 11.3 Å². The fraction of sp³-hybridized carbons (Fsp3) is 0.261. The number of hydrogen-bond donors (Lipinski definition) is 1. The van der Waals surface area contributed by atoms with E-state index >= 15 is 0 Å². The third-order valence-corrected chi connectivity index (χ3v) is 4.56. The van der Waals surface area contributed by atoms with Gasteiger partial charge in [0.05, 0.1) is 18.4 Å². The smallest absolute Gasteiger partial charge is 0.337 e. The molecular weight excluding hydrogens is 364 g/mol. The summed E-state index contributed by atoms with van der Waals surface area (Å²) in [6.07, 6.45) is 2.21. The molecule has 29 heavy (non-hydrogen) atoms. The molecule has 0 radical (unpaired) electrons. The first-order valence-electron chi connectivity index (χ1n) is 9.71. The maximum Gasteiger partial charge on any atom is 0.337 e. The Bertz CT molecular complexity index is 960. The summed E-state index contributed by atoms with van der Waals surface area (Å²) in [6, 6.07) is 19.1.